The molecule has 8 nitrogen and oxygen atoms in total. The Morgan fingerprint density at radius 2 is 1.62 bits per heavy atom. The number of carbonyl (C=O) groups is 4. The Morgan fingerprint density at radius 1 is 0.949 bits per heavy atom. The normalized spacial score (nSPS) is 26.7. The van der Waals surface area contributed by atoms with Crippen molar-refractivity contribution in [2.24, 2.45) is 17.3 Å². The molecular formula is C30H35NO7S. The van der Waals surface area contributed by atoms with Crippen LogP contribution in [0.1, 0.15) is 80.8 Å². The first kappa shape index (κ1) is 27.4. The summed E-state index contributed by atoms with van der Waals surface area (Å²) in [5.74, 6) is -1.25. The van der Waals surface area contributed by atoms with Gasteiger partial charge >= 0.3 is 17.9 Å². The third-order valence-electron chi connectivity index (χ3n) is 9.11. The van der Waals surface area contributed by atoms with E-state index < -0.39 is 29.9 Å². The topological polar surface area (TPSA) is 108 Å². The van der Waals surface area contributed by atoms with Gasteiger partial charge in [0.1, 0.15) is 9.88 Å². The summed E-state index contributed by atoms with van der Waals surface area (Å²) in [6.07, 6.45) is 5.69. The van der Waals surface area contributed by atoms with E-state index in [1.54, 1.807) is 6.92 Å². The number of amides is 1. The van der Waals surface area contributed by atoms with Crippen molar-refractivity contribution in [3.8, 4) is 0 Å². The van der Waals surface area contributed by atoms with Gasteiger partial charge in [0.2, 0.25) is 0 Å². The van der Waals surface area contributed by atoms with Crippen LogP contribution in [-0.4, -0.2) is 44.6 Å². The van der Waals surface area contributed by atoms with Gasteiger partial charge in [-0.25, -0.2) is 9.59 Å². The van der Waals surface area contributed by atoms with Gasteiger partial charge in [0, 0.05) is 0 Å². The lowest BCUT2D eigenvalue weighted by Gasteiger charge is -2.61. The van der Waals surface area contributed by atoms with Crippen LogP contribution in [-0.2, 0) is 29.2 Å². The maximum atomic E-state index is 13.6. The molecule has 6 rings (SSSR count). The molecule has 208 valence electrons. The molecule has 4 fully saturated rings. The minimum absolute atomic E-state index is 0.0297. The van der Waals surface area contributed by atoms with Crippen LogP contribution in [0.25, 0.3) is 0 Å². The molecule has 39 heavy (non-hydrogen) atoms. The van der Waals surface area contributed by atoms with Crippen LogP contribution >= 0.6 is 11.3 Å². The summed E-state index contributed by atoms with van der Waals surface area (Å²) in [5.41, 5.74) is 3.67. The van der Waals surface area contributed by atoms with E-state index in [0.717, 1.165) is 49.9 Å². The molecule has 4 aliphatic carbocycles. The van der Waals surface area contributed by atoms with Crippen LogP contribution in [0.3, 0.4) is 0 Å². The summed E-state index contributed by atoms with van der Waals surface area (Å²) in [5, 5.41) is 2.79. The highest BCUT2D eigenvalue weighted by atomic mass is 32.1. The molecule has 1 N–H and O–H groups in total. The fraction of sp³-hybridized carbons (Fsp3) is 0.533. The molecule has 0 spiro atoms. The third-order valence-corrected chi connectivity index (χ3v) is 10.3. The molecule has 4 bridgehead atoms. The summed E-state index contributed by atoms with van der Waals surface area (Å²) in [6.45, 7) is 5.36. The van der Waals surface area contributed by atoms with Crippen LogP contribution < -0.4 is 5.32 Å². The van der Waals surface area contributed by atoms with Crippen molar-refractivity contribution in [2.45, 2.75) is 64.7 Å². The number of esters is 3. The molecule has 4 aliphatic rings. The maximum absolute atomic E-state index is 13.6. The molecule has 0 aliphatic heterocycles. The van der Waals surface area contributed by atoms with E-state index in [-0.39, 0.29) is 26.8 Å². The van der Waals surface area contributed by atoms with Crippen LogP contribution in [0.5, 0.6) is 0 Å². The van der Waals surface area contributed by atoms with Crippen LogP contribution in [0.2, 0.25) is 0 Å². The largest absolute Gasteiger partial charge is 0.465 e. The Labute approximate surface area is 232 Å². The van der Waals surface area contributed by atoms with Crippen molar-refractivity contribution in [1.29, 1.82) is 0 Å². The van der Waals surface area contributed by atoms with Crippen LogP contribution in [0.15, 0.2) is 18.2 Å². The summed E-state index contributed by atoms with van der Waals surface area (Å²) in [4.78, 5) is 51.2. The Hall–Kier alpha value is -3.20. The summed E-state index contributed by atoms with van der Waals surface area (Å²) in [6, 6.07) is 6.70. The lowest BCUT2D eigenvalue weighted by atomic mass is 9.43. The molecule has 1 heterocycles. The van der Waals surface area contributed by atoms with E-state index in [4.69, 9.17) is 14.2 Å². The molecule has 1 aromatic heterocycles. The Kier molecular flexibility index (Phi) is 7.07. The second kappa shape index (κ2) is 10.1. The first-order valence-corrected chi connectivity index (χ1v) is 14.2. The Morgan fingerprint density at radius 3 is 2.23 bits per heavy atom. The van der Waals surface area contributed by atoms with Gasteiger partial charge < -0.3 is 19.5 Å². The average molecular weight is 554 g/mol. The molecular weight excluding hydrogens is 518 g/mol. The van der Waals surface area contributed by atoms with Gasteiger partial charge in [-0.2, -0.15) is 0 Å². The van der Waals surface area contributed by atoms with Gasteiger partial charge in [0.15, 0.2) is 6.61 Å². The average Bonchev–Trinajstić information content (AvgIpc) is 3.22. The van der Waals surface area contributed by atoms with Crippen molar-refractivity contribution in [3.05, 3.63) is 50.9 Å². The van der Waals surface area contributed by atoms with Gasteiger partial charge in [-0.1, -0.05) is 18.2 Å². The molecule has 9 heteroatoms. The fourth-order valence-corrected chi connectivity index (χ4v) is 8.72. The standard InChI is InChI=1S/C30H35NO7S/c1-16-6-7-21(8-17(16)2)29-10-19-9-20(11-29)13-30(12-19,15-29)28(35)38-14-22(32)31-25-23(26(33)36-4)18(3)24(39-25)27(34)37-5/h6-8,19-20H,9-15H2,1-5H3,(H,31,32)/t19-,20+,29?,30?. The van der Waals surface area contributed by atoms with Gasteiger partial charge in [-0.05, 0) is 98.8 Å². The third kappa shape index (κ3) is 4.75. The summed E-state index contributed by atoms with van der Waals surface area (Å²) >= 11 is 0.924. The number of hydrogen-bond acceptors (Lipinski definition) is 8. The molecule has 0 saturated heterocycles. The highest BCUT2D eigenvalue weighted by Gasteiger charge is 2.61. The molecule has 2 unspecified atom stereocenters. The smallest absolute Gasteiger partial charge is 0.348 e. The number of carbonyl (C=O) groups excluding carboxylic acids is 4. The van der Waals surface area contributed by atoms with E-state index in [9.17, 15) is 19.2 Å². The monoisotopic (exact) mass is 553 g/mol. The first-order chi connectivity index (χ1) is 18.5. The number of ether oxygens (including phenoxy) is 3. The van der Waals surface area contributed by atoms with Crippen molar-refractivity contribution in [3.63, 3.8) is 0 Å². The number of hydrogen-bond donors (Lipinski definition) is 1. The number of anilines is 1. The number of rotatable bonds is 7. The molecule has 2 aromatic rings. The Balaban J connectivity index is 1.31. The maximum Gasteiger partial charge on any atom is 0.348 e. The van der Waals surface area contributed by atoms with E-state index in [1.165, 1.54) is 30.9 Å². The molecule has 4 atom stereocenters. The van der Waals surface area contributed by atoms with Crippen molar-refractivity contribution >= 4 is 40.2 Å². The van der Waals surface area contributed by atoms with Crippen molar-refractivity contribution in [2.75, 3.05) is 26.1 Å². The highest BCUT2D eigenvalue weighted by Crippen LogP contribution is 2.66. The van der Waals surface area contributed by atoms with Gasteiger partial charge in [-0.15, -0.1) is 11.3 Å². The van der Waals surface area contributed by atoms with Gasteiger partial charge in [-0.3, -0.25) is 9.59 Å². The van der Waals surface area contributed by atoms with E-state index in [0.29, 0.717) is 17.4 Å². The van der Waals surface area contributed by atoms with Crippen molar-refractivity contribution < 1.29 is 33.4 Å². The van der Waals surface area contributed by atoms with Crippen molar-refractivity contribution in [1.82, 2.24) is 0 Å². The lowest BCUT2D eigenvalue weighted by molar-refractivity contribution is -0.175. The molecule has 0 radical (unpaired) electrons. The van der Waals surface area contributed by atoms with E-state index >= 15 is 0 Å². The second-order valence-electron chi connectivity index (χ2n) is 11.7. The van der Waals surface area contributed by atoms with Gasteiger partial charge in [0.05, 0.1) is 25.2 Å². The minimum Gasteiger partial charge on any atom is -0.465 e. The second-order valence-corrected chi connectivity index (χ2v) is 12.7. The number of methoxy groups -OCH3 is 2. The Bertz CT molecular complexity index is 1350. The zero-order chi connectivity index (χ0) is 28.1. The highest BCUT2D eigenvalue weighted by molar-refractivity contribution is 7.18. The zero-order valence-corrected chi connectivity index (χ0v) is 23.9. The summed E-state index contributed by atoms with van der Waals surface area (Å²) < 4.78 is 15.3. The quantitative estimate of drug-likeness (QED) is 0.368. The number of nitrogens with one attached hydrogen (secondary N) is 1. The van der Waals surface area contributed by atoms with E-state index in [1.807, 2.05) is 0 Å². The molecule has 1 amide bonds. The predicted octanol–water partition coefficient (Wildman–Crippen LogP) is 5.27. The number of thiophene rings is 1. The van der Waals surface area contributed by atoms with E-state index in [2.05, 4.69) is 37.4 Å². The first-order valence-electron chi connectivity index (χ1n) is 13.4. The number of benzene rings is 1. The SMILES string of the molecule is COC(=O)c1sc(NC(=O)COC(=O)C23C[C@H]4C[C@@H](C2)CC(c2ccc(C)c(C)c2)(C4)C3)c(C(=O)OC)c1C. The van der Waals surface area contributed by atoms with Crippen LogP contribution in [0, 0.1) is 38.0 Å². The van der Waals surface area contributed by atoms with Crippen LogP contribution in [0.4, 0.5) is 5.00 Å². The zero-order valence-electron chi connectivity index (χ0n) is 23.1. The predicted molar refractivity (Wildman–Crippen MR) is 146 cm³/mol. The molecule has 4 saturated carbocycles. The van der Waals surface area contributed by atoms with Gasteiger partial charge in [0.25, 0.3) is 5.91 Å². The molecule has 1 aromatic carbocycles. The lowest BCUT2D eigenvalue weighted by Crippen LogP contribution is -2.57. The summed E-state index contributed by atoms with van der Waals surface area (Å²) in [7, 11) is 2.46. The minimum atomic E-state index is -0.684. The fourth-order valence-electron chi connectivity index (χ4n) is 7.59. The number of aryl methyl sites for hydroxylation is 2.